The van der Waals surface area contributed by atoms with Gasteiger partial charge >= 0.3 is 0 Å². The SMILES string of the molecule is Cc1ccc(C(Br)C2CCCCO2)c(C)c1. The van der Waals surface area contributed by atoms with Gasteiger partial charge in [-0.1, -0.05) is 39.7 Å². The maximum Gasteiger partial charge on any atom is 0.0741 e. The molecule has 1 aliphatic heterocycles. The summed E-state index contributed by atoms with van der Waals surface area (Å²) in [6, 6.07) is 6.65. The van der Waals surface area contributed by atoms with Crippen LogP contribution in [0, 0.1) is 13.8 Å². The van der Waals surface area contributed by atoms with Gasteiger partial charge in [0.1, 0.15) is 0 Å². The van der Waals surface area contributed by atoms with E-state index in [1.165, 1.54) is 36.0 Å². The van der Waals surface area contributed by atoms with Crippen LogP contribution in [-0.4, -0.2) is 12.7 Å². The number of halogens is 1. The van der Waals surface area contributed by atoms with Crippen molar-refractivity contribution in [2.24, 2.45) is 0 Å². The van der Waals surface area contributed by atoms with E-state index in [4.69, 9.17) is 4.74 Å². The summed E-state index contributed by atoms with van der Waals surface area (Å²) in [4.78, 5) is 0.341. The summed E-state index contributed by atoms with van der Waals surface area (Å²) in [5.41, 5.74) is 4.05. The molecule has 1 aliphatic rings. The van der Waals surface area contributed by atoms with E-state index >= 15 is 0 Å². The van der Waals surface area contributed by atoms with Crippen molar-refractivity contribution < 1.29 is 4.74 Å². The van der Waals surface area contributed by atoms with Crippen molar-refractivity contribution in [3.63, 3.8) is 0 Å². The molecule has 0 radical (unpaired) electrons. The molecule has 1 aromatic carbocycles. The molecule has 2 unspecified atom stereocenters. The van der Waals surface area contributed by atoms with Gasteiger partial charge in [0, 0.05) is 6.61 Å². The van der Waals surface area contributed by atoms with E-state index in [-0.39, 0.29) is 0 Å². The molecule has 1 nitrogen and oxygen atoms in total. The number of hydrogen-bond donors (Lipinski definition) is 0. The minimum absolute atomic E-state index is 0.341. The zero-order valence-electron chi connectivity index (χ0n) is 10.0. The predicted molar refractivity (Wildman–Crippen MR) is 71.2 cm³/mol. The summed E-state index contributed by atoms with van der Waals surface area (Å²) in [5, 5.41) is 0. The van der Waals surface area contributed by atoms with Gasteiger partial charge in [0.25, 0.3) is 0 Å². The topological polar surface area (TPSA) is 9.23 Å². The molecule has 1 fully saturated rings. The maximum atomic E-state index is 5.83. The summed E-state index contributed by atoms with van der Waals surface area (Å²) in [5.74, 6) is 0. The molecule has 16 heavy (non-hydrogen) atoms. The van der Waals surface area contributed by atoms with Gasteiger partial charge in [0.05, 0.1) is 10.9 Å². The van der Waals surface area contributed by atoms with Gasteiger partial charge in [-0.15, -0.1) is 0 Å². The molecule has 0 amide bonds. The van der Waals surface area contributed by atoms with E-state index < -0.39 is 0 Å². The molecule has 1 aromatic rings. The zero-order valence-corrected chi connectivity index (χ0v) is 11.6. The first-order chi connectivity index (χ1) is 7.68. The van der Waals surface area contributed by atoms with E-state index in [1.807, 2.05) is 0 Å². The number of benzene rings is 1. The van der Waals surface area contributed by atoms with Crippen LogP contribution >= 0.6 is 15.9 Å². The van der Waals surface area contributed by atoms with Crippen molar-refractivity contribution in [2.45, 2.75) is 44.0 Å². The van der Waals surface area contributed by atoms with Gasteiger partial charge in [-0.05, 0) is 44.2 Å². The fourth-order valence-electron chi connectivity index (χ4n) is 2.33. The molecule has 88 valence electrons. The summed E-state index contributed by atoms with van der Waals surface area (Å²) in [6.07, 6.45) is 4.01. The second-order valence-corrected chi connectivity index (χ2v) is 5.65. The Hall–Kier alpha value is -0.340. The number of alkyl halides is 1. The first-order valence-electron chi connectivity index (χ1n) is 6.01. The first-order valence-corrected chi connectivity index (χ1v) is 6.93. The highest BCUT2D eigenvalue weighted by Crippen LogP contribution is 2.35. The Morgan fingerprint density at radius 2 is 2.12 bits per heavy atom. The molecular formula is C14H19BrO. The number of ether oxygens (including phenoxy) is 1. The minimum atomic E-state index is 0.341. The van der Waals surface area contributed by atoms with Crippen molar-refractivity contribution in [3.8, 4) is 0 Å². The Morgan fingerprint density at radius 3 is 2.75 bits per heavy atom. The zero-order chi connectivity index (χ0) is 11.5. The molecule has 0 aliphatic carbocycles. The van der Waals surface area contributed by atoms with Crippen molar-refractivity contribution >= 4 is 15.9 Å². The second kappa shape index (κ2) is 5.33. The number of rotatable bonds is 2. The number of hydrogen-bond acceptors (Lipinski definition) is 1. The van der Waals surface area contributed by atoms with Crippen molar-refractivity contribution in [1.82, 2.24) is 0 Å². The van der Waals surface area contributed by atoms with Crippen LogP contribution in [0.1, 0.15) is 40.8 Å². The lowest BCUT2D eigenvalue weighted by Crippen LogP contribution is -2.23. The van der Waals surface area contributed by atoms with E-state index in [0.29, 0.717) is 10.9 Å². The summed E-state index contributed by atoms with van der Waals surface area (Å²) in [6.45, 7) is 5.23. The predicted octanol–water partition coefficient (Wildman–Crippen LogP) is 4.31. The van der Waals surface area contributed by atoms with E-state index in [0.717, 1.165) is 6.61 Å². The van der Waals surface area contributed by atoms with Crippen molar-refractivity contribution in [1.29, 1.82) is 0 Å². The maximum absolute atomic E-state index is 5.83. The molecule has 2 atom stereocenters. The van der Waals surface area contributed by atoms with E-state index in [9.17, 15) is 0 Å². The van der Waals surface area contributed by atoms with Gasteiger partial charge in [0.15, 0.2) is 0 Å². The fraction of sp³-hybridized carbons (Fsp3) is 0.571. The molecular weight excluding hydrogens is 264 g/mol. The molecule has 0 N–H and O–H groups in total. The van der Waals surface area contributed by atoms with Gasteiger partial charge < -0.3 is 4.74 Å². The van der Waals surface area contributed by atoms with Gasteiger partial charge in [-0.2, -0.15) is 0 Å². The smallest absolute Gasteiger partial charge is 0.0741 e. The summed E-state index contributed by atoms with van der Waals surface area (Å²) in [7, 11) is 0. The molecule has 2 rings (SSSR count). The lowest BCUT2D eigenvalue weighted by atomic mass is 9.97. The Balaban J connectivity index is 2.15. The third kappa shape index (κ3) is 2.67. The van der Waals surface area contributed by atoms with Gasteiger partial charge in [-0.25, -0.2) is 0 Å². The fourth-order valence-corrected chi connectivity index (χ4v) is 3.26. The van der Waals surface area contributed by atoms with E-state index in [2.05, 4.69) is 48.0 Å². The quantitative estimate of drug-likeness (QED) is 0.735. The molecule has 0 saturated carbocycles. The lowest BCUT2D eigenvalue weighted by molar-refractivity contribution is 0.0160. The molecule has 2 heteroatoms. The van der Waals surface area contributed by atoms with Crippen LogP contribution in [0.25, 0.3) is 0 Å². The second-order valence-electron chi connectivity index (χ2n) is 4.67. The van der Waals surface area contributed by atoms with Crippen LogP contribution in [0.15, 0.2) is 18.2 Å². The highest BCUT2D eigenvalue weighted by molar-refractivity contribution is 9.09. The molecule has 0 aromatic heterocycles. The van der Waals surface area contributed by atoms with Crippen LogP contribution in [0.4, 0.5) is 0 Å². The van der Waals surface area contributed by atoms with Crippen LogP contribution in [0.3, 0.4) is 0 Å². The van der Waals surface area contributed by atoms with Crippen LogP contribution in [0.2, 0.25) is 0 Å². The minimum Gasteiger partial charge on any atom is -0.377 e. The Kier molecular flexibility index (Phi) is 4.04. The highest BCUT2D eigenvalue weighted by Gasteiger charge is 2.24. The average molecular weight is 283 g/mol. The molecule has 0 bridgehead atoms. The highest BCUT2D eigenvalue weighted by atomic mass is 79.9. The molecule has 0 spiro atoms. The van der Waals surface area contributed by atoms with Gasteiger partial charge in [-0.3, -0.25) is 0 Å². The first kappa shape index (κ1) is 12.1. The van der Waals surface area contributed by atoms with Crippen LogP contribution < -0.4 is 0 Å². The van der Waals surface area contributed by atoms with Crippen LogP contribution in [-0.2, 0) is 4.74 Å². The Bertz CT molecular complexity index is 356. The number of aryl methyl sites for hydroxylation is 2. The largest absolute Gasteiger partial charge is 0.377 e. The summed E-state index contributed by atoms with van der Waals surface area (Å²) < 4.78 is 5.83. The molecule has 1 saturated heterocycles. The lowest BCUT2D eigenvalue weighted by Gasteiger charge is -2.28. The Morgan fingerprint density at radius 1 is 1.31 bits per heavy atom. The average Bonchev–Trinajstić information content (AvgIpc) is 2.29. The van der Waals surface area contributed by atoms with Gasteiger partial charge in [0.2, 0.25) is 0 Å². The summed E-state index contributed by atoms with van der Waals surface area (Å²) >= 11 is 3.80. The van der Waals surface area contributed by atoms with Crippen LogP contribution in [0.5, 0.6) is 0 Å². The standard InChI is InChI=1S/C14H19BrO/c1-10-6-7-12(11(2)9-10)14(15)13-5-3-4-8-16-13/h6-7,9,13-14H,3-5,8H2,1-2H3. The molecule has 1 heterocycles. The monoisotopic (exact) mass is 282 g/mol. The third-order valence-electron chi connectivity index (χ3n) is 3.26. The van der Waals surface area contributed by atoms with Crippen molar-refractivity contribution in [3.05, 3.63) is 34.9 Å². The Labute approximate surface area is 106 Å². The normalized spacial score (nSPS) is 23.1. The van der Waals surface area contributed by atoms with E-state index in [1.54, 1.807) is 0 Å². The van der Waals surface area contributed by atoms with Crippen molar-refractivity contribution in [2.75, 3.05) is 6.61 Å². The third-order valence-corrected chi connectivity index (χ3v) is 4.35.